The summed E-state index contributed by atoms with van der Waals surface area (Å²) in [7, 11) is 1.88. The number of fused-ring (bicyclic) bond motifs is 2. The number of aliphatic hydroxyl groups excluding tert-OH is 1. The molecule has 0 aliphatic carbocycles. The fraction of sp³-hybridized carbons (Fsp3) is 0.273. The Kier molecular flexibility index (Phi) is 5.65. The van der Waals surface area contributed by atoms with Gasteiger partial charge in [-0.05, 0) is 42.8 Å². The first-order valence-electron chi connectivity index (χ1n) is 10.4. The van der Waals surface area contributed by atoms with Crippen molar-refractivity contribution >= 4 is 67.1 Å². The maximum atomic E-state index is 12.6. The van der Waals surface area contributed by atoms with Crippen LogP contribution in [0.15, 0.2) is 36.4 Å². The number of halogens is 1. The molecule has 170 valence electrons. The van der Waals surface area contributed by atoms with Gasteiger partial charge in [-0.3, -0.25) is 9.59 Å². The molecule has 0 saturated carbocycles. The predicted molar refractivity (Wildman–Crippen MR) is 128 cm³/mol. The summed E-state index contributed by atoms with van der Waals surface area (Å²) in [4.78, 5) is 35.5. The first kappa shape index (κ1) is 21.6. The van der Waals surface area contributed by atoms with Gasteiger partial charge in [0.1, 0.15) is 0 Å². The van der Waals surface area contributed by atoms with Crippen LogP contribution < -0.4 is 10.6 Å². The van der Waals surface area contributed by atoms with Crippen molar-refractivity contribution in [2.75, 3.05) is 25.0 Å². The van der Waals surface area contributed by atoms with E-state index in [2.05, 4.69) is 20.6 Å². The fourth-order valence-corrected chi connectivity index (χ4v) is 4.97. The van der Waals surface area contributed by atoms with Crippen molar-refractivity contribution in [3.8, 4) is 0 Å². The highest BCUT2D eigenvalue weighted by Gasteiger charge is 2.24. The van der Waals surface area contributed by atoms with Gasteiger partial charge in [0, 0.05) is 30.7 Å². The monoisotopic (exact) mass is 484 g/mol. The lowest BCUT2D eigenvalue weighted by Gasteiger charge is -2.15. The van der Waals surface area contributed by atoms with Gasteiger partial charge in [-0.2, -0.15) is 0 Å². The first-order chi connectivity index (χ1) is 15.9. The number of hydrogen-bond donors (Lipinski definition) is 3. The maximum absolute atomic E-state index is 12.6. The summed E-state index contributed by atoms with van der Waals surface area (Å²) in [6.45, 7) is 0.708. The summed E-state index contributed by atoms with van der Waals surface area (Å²) >= 11 is 7.54. The van der Waals surface area contributed by atoms with E-state index in [0.717, 1.165) is 15.7 Å². The molecule has 2 aromatic carbocycles. The van der Waals surface area contributed by atoms with Gasteiger partial charge in [-0.15, -0.1) is 0 Å². The molecule has 3 N–H and O–H groups in total. The average Bonchev–Trinajstić information content (AvgIpc) is 3.48. The number of carbonyl (C=O) groups is 2. The third kappa shape index (κ3) is 4.37. The van der Waals surface area contributed by atoms with Gasteiger partial charge < -0.3 is 25.2 Å². The number of β-amino-alcohol motifs (C(OH)–C–C–N with tert-alkyl or cyclic N) is 1. The lowest BCUT2D eigenvalue weighted by molar-refractivity contribution is -0.129. The lowest BCUT2D eigenvalue weighted by atomic mass is 10.2. The van der Waals surface area contributed by atoms with Gasteiger partial charge in [0.15, 0.2) is 5.13 Å². The number of thiazole rings is 1. The van der Waals surface area contributed by atoms with Gasteiger partial charge in [-0.1, -0.05) is 22.9 Å². The maximum Gasteiger partial charge on any atom is 0.251 e. The van der Waals surface area contributed by atoms with Crippen LogP contribution in [-0.2, 0) is 11.8 Å². The fourth-order valence-electron chi connectivity index (χ4n) is 3.84. The normalized spacial score (nSPS) is 16.0. The third-order valence-electron chi connectivity index (χ3n) is 5.63. The van der Waals surface area contributed by atoms with Crippen LogP contribution in [0.1, 0.15) is 16.8 Å². The largest absolute Gasteiger partial charge is 0.391 e. The molecule has 4 aromatic rings. The van der Waals surface area contributed by atoms with Crippen molar-refractivity contribution in [1.82, 2.24) is 24.8 Å². The van der Waals surface area contributed by atoms with Crippen LogP contribution in [-0.4, -0.2) is 62.1 Å². The zero-order valence-electron chi connectivity index (χ0n) is 17.7. The number of benzene rings is 2. The molecule has 1 atom stereocenters. The van der Waals surface area contributed by atoms with Crippen molar-refractivity contribution in [3.63, 3.8) is 0 Å². The van der Waals surface area contributed by atoms with E-state index in [0.29, 0.717) is 46.7 Å². The summed E-state index contributed by atoms with van der Waals surface area (Å²) in [5, 5.41) is 16.8. The highest BCUT2D eigenvalue weighted by molar-refractivity contribution is 7.22. The molecule has 0 spiro atoms. The molecule has 9 nitrogen and oxygen atoms in total. The minimum atomic E-state index is -0.486. The quantitative estimate of drug-likeness (QED) is 0.401. The Hall–Kier alpha value is -3.21. The molecule has 33 heavy (non-hydrogen) atoms. The van der Waals surface area contributed by atoms with E-state index in [1.165, 1.54) is 11.3 Å². The number of nitrogens with zero attached hydrogens (tertiary/aromatic N) is 4. The van der Waals surface area contributed by atoms with Crippen LogP contribution >= 0.6 is 22.9 Å². The molecule has 5 rings (SSSR count). The second-order valence-corrected chi connectivity index (χ2v) is 9.39. The number of amides is 2. The molecular formula is C22H21ClN6O3S. The highest BCUT2D eigenvalue weighted by atomic mass is 35.5. The van der Waals surface area contributed by atoms with Crippen molar-refractivity contribution in [2.45, 2.75) is 12.5 Å². The number of imidazole rings is 1. The Morgan fingerprint density at radius 2 is 2.06 bits per heavy atom. The minimum Gasteiger partial charge on any atom is -0.391 e. The van der Waals surface area contributed by atoms with E-state index in [9.17, 15) is 14.7 Å². The Balaban J connectivity index is 1.30. The summed E-state index contributed by atoms with van der Waals surface area (Å²) in [6, 6.07) is 10.8. The Labute approximate surface area is 198 Å². The van der Waals surface area contributed by atoms with Crippen molar-refractivity contribution < 1.29 is 14.7 Å². The number of rotatable bonds is 5. The van der Waals surface area contributed by atoms with Crippen LogP contribution in [0.2, 0.25) is 5.02 Å². The van der Waals surface area contributed by atoms with Crippen LogP contribution in [0, 0.1) is 0 Å². The molecule has 0 unspecified atom stereocenters. The number of carbonyl (C=O) groups excluding carboxylic acids is 2. The van der Waals surface area contributed by atoms with Crippen molar-refractivity contribution in [3.05, 3.63) is 47.0 Å². The topological polar surface area (TPSA) is 112 Å². The first-order valence-corrected chi connectivity index (χ1v) is 11.6. The summed E-state index contributed by atoms with van der Waals surface area (Å²) in [5.74, 6) is 0.0334. The molecule has 1 saturated heterocycles. The lowest BCUT2D eigenvalue weighted by Crippen LogP contribution is -2.39. The second-order valence-electron chi connectivity index (χ2n) is 7.92. The van der Waals surface area contributed by atoms with E-state index in [1.54, 1.807) is 23.1 Å². The van der Waals surface area contributed by atoms with Crippen LogP contribution in [0.25, 0.3) is 21.3 Å². The SMILES string of the molecule is Cn1c(Nc2nc3ccc(Cl)cc3s2)nc2cc(C(=O)NCC(=O)N3CC[C@@H](O)C3)ccc21. The summed E-state index contributed by atoms with van der Waals surface area (Å²) in [5.41, 5.74) is 2.75. The number of hydrogen-bond acceptors (Lipinski definition) is 7. The standard InChI is InChI=1S/C22H21ClN6O3S/c1-28-17-5-2-12(20(32)24-10-19(31)29-7-6-14(30)11-29)8-16(17)25-21(28)27-22-26-15-4-3-13(23)9-18(15)33-22/h2-5,8-9,14,30H,6-7,10-11H2,1H3,(H,24,32)(H,25,26,27)/t14-/m1/s1. The van der Waals surface area contributed by atoms with Gasteiger partial charge in [0.2, 0.25) is 11.9 Å². The molecule has 3 heterocycles. The van der Waals surface area contributed by atoms with E-state index in [4.69, 9.17) is 11.6 Å². The second kappa shape index (κ2) is 8.62. The van der Waals surface area contributed by atoms with E-state index >= 15 is 0 Å². The van der Waals surface area contributed by atoms with E-state index < -0.39 is 6.10 Å². The van der Waals surface area contributed by atoms with Gasteiger partial charge in [0.05, 0.1) is 33.9 Å². The average molecular weight is 485 g/mol. The Morgan fingerprint density at radius 3 is 2.85 bits per heavy atom. The highest BCUT2D eigenvalue weighted by Crippen LogP contribution is 2.31. The number of aliphatic hydroxyl groups is 1. The van der Waals surface area contributed by atoms with E-state index in [1.807, 2.05) is 29.8 Å². The Morgan fingerprint density at radius 1 is 1.21 bits per heavy atom. The van der Waals surface area contributed by atoms with Crippen molar-refractivity contribution in [2.24, 2.45) is 7.05 Å². The Bertz CT molecular complexity index is 1380. The number of nitrogens with one attached hydrogen (secondary N) is 2. The van der Waals surface area contributed by atoms with Crippen molar-refractivity contribution in [1.29, 1.82) is 0 Å². The number of aryl methyl sites for hydroxylation is 1. The zero-order valence-corrected chi connectivity index (χ0v) is 19.3. The van der Waals surface area contributed by atoms with E-state index in [-0.39, 0.29) is 18.4 Å². The van der Waals surface area contributed by atoms with Crippen LogP contribution in [0.3, 0.4) is 0 Å². The molecule has 1 aliphatic heterocycles. The molecule has 2 amide bonds. The molecule has 1 aliphatic rings. The minimum absolute atomic E-state index is 0.111. The number of aromatic nitrogens is 3. The predicted octanol–water partition coefficient (Wildman–Crippen LogP) is 2.90. The molecule has 0 bridgehead atoms. The number of likely N-dealkylation sites (tertiary alicyclic amines) is 1. The van der Waals surface area contributed by atoms with Gasteiger partial charge >= 0.3 is 0 Å². The molecule has 2 aromatic heterocycles. The molecule has 1 fully saturated rings. The van der Waals surface area contributed by atoms with Gasteiger partial charge in [0.25, 0.3) is 5.91 Å². The number of anilines is 2. The summed E-state index contributed by atoms with van der Waals surface area (Å²) < 4.78 is 2.86. The molecule has 11 heteroatoms. The molecule has 0 radical (unpaired) electrons. The smallest absolute Gasteiger partial charge is 0.251 e. The third-order valence-corrected chi connectivity index (χ3v) is 6.80. The van der Waals surface area contributed by atoms with Gasteiger partial charge in [-0.25, -0.2) is 9.97 Å². The summed E-state index contributed by atoms with van der Waals surface area (Å²) in [6.07, 6.45) is 0.0801. The van der Waals surface area contributed by atoms with Crippen LogP contribution in [0.4, 0.5) is 11.1 Å². The molecular weight excluding hydrogens is 464 g/mol. The zero-order chi connectivity index (χ0) is 23.1. The van der Waals surface area contributed by atoms with Crippen LogP contribution in [0.5, 0.6) is 0 Å².